The summed E-state index contributed by atoms with van der Waals surface area (Å²) in [5.74, 6) is -2.01. The quantitative estimate of drug-likeness (QED) is 0.909. The average molecular weight is 331 g/mol. The lowest BCUT2D eigenvalue weighted by molar-refractivity contribution is 0.0924. The summed E-state index contributed by atoms with van der Waals surface area (Å²) in [5, 5.41) is 6.21. The van der Waals surface area contributed by atoms with Crippen molar-refractivity contribution in [1.29, 1.82) is 0 Å². The first-order chi connectivity index (χ1) is 11.5. The Balaban J connectivity index is 1.78. The largest absolute Gasteiger partial charge is 0.347 e. The van der Waals surface area contributed by atoms with E-state index in [9.17, 15) is 13.6 Å². The lowest BCUT2D eigenvalue weighted by Crippen LogP contribution is -2.50. The van der Waals surface area contributed by atoms with E-state index >= 15 is 0 Å². The van der Waals surface area contributed by atoms with E-state index in [0.29, 0.717) is 17.7 Å². The second-order valence-electron chi connectivity index (χ2n) is 6.04. The molecule has 4 nitrogen and oxygen atoms in total. The van der Waals surface area contributed by atoms with E-state index in [-0.39, 0.29) is 17.9 Å². The van der Waals surface area contributed by atoms with Gasteiger partial charge < -0.3 is 10.6 Å². The maximum absolute atomic E-state index is 13.5. The van der Waals surface area contributed by atoms with E-state index in [1.54, 1.807) is 18.2 Å². The van der Waals surface area contributed by atoms with Gasteiger partial charge in [-0.3, -0.25) is 9.78 Å². The second kappa shape index (κ2) is 7.05. The van der Waals surface area contributed by atoms with Crippen LogP contribution >= 0.6 is 0 Å². The van der Waals surface area contributed by atoms with Crippen LogP contribution in [0.2, 0.25) is 0 Å². The van der Waals surface area contributed by atoms with Crippen LogP contribution in [0.4, 0.5) is 8.78 Å². The maximum Gasteiger partial charge on any atom is 0.253 e. The normalized spacial score (nSPS) is 20.6. The summed E-state index contributed by atoms with van der Waals surface area (Å²) in [7, 11) is 0. The molecule has 0 aliphatic carbocycles. The molecule has 2 atom stereocenters. The lowest BCUT2D eigenvalue weighted by Gasteiger charge is -2.33. The number of rotatable bonds is 3. The number of aromatic nitrogens is 1. The smallest absolute Gasteiger partial charge is 0.253 e. The van der Waals surface area contributed by atoms with E-state index in [4.69, 9.17) is 0 Å². The van der Waals surface area contributed by atoms with Gasteiger partial charge in [0.1, 0.15) is 0 Å². The van der Waals surface area contributed by atoms with Crippen molar-refractivity contribution in [2.45, 2.75) is 25.3 Å². The Hall–Kier alpha value is -2.34. The highest BCUT2D eigenvalue weighted by molar-refractivity contribution is 5.94. The van der Waals surface area contributed by atoms with Crippen LogP contribution in [0.5, 0.6) is 0 Å². The standard InChI is InChI=1S/C18H19F2N3O/c1-11-2-3-13(9-22-11)18(24)23-17-10-21-7-6-14(17)12-4-5-15(19)16(20)8-12/h2-5,8-9,14,17,21H,6-7,10H2,1H3,(H,23,24). The van der Waals surface area contributed by atoms with Gasteiger partial charge in [0.25, 0.3) is 5.91 Å². The first-order valence-corrected chi connectivity index (χ1v) is 7.94. The molecule has 1 aliphatic heterocycles. The maximum atomic E-state index is 13.5. The van der Waals surface area contributed by atoms with E-state index in [1.807, 2.05) is 6.92 Å². The van der Waals surface area contributed by atoms with Crippen LogP contribution in [0.3, 0.4) is 0 Å². The molecule has 1 amide bonds. The van der Waals surface area contributed by atoms with Crippen LogP contribution < -0.4 is 10.6 Å². The molecule has 0 saturated carbocycles. The van der Waals surface area contributed by atoms with E-state index in [0.717, 1.165) is 24.7 Å². The summed E-state index contributed by atoms with van der Waals surface area (Å²) in [5.41, 5.74) is 2.02. The highest BCUT2D eigenvalue weighted by Gasteiger charge is 2.28. The van der Waals surface area contributed by atoms with Crippen molar-refractivity contribution in [3.05, 3.63) is 65.0 Å². The number of aryl methyl sites for hydroxylation is 1. The topological polar surface area (TPSA) is 54.0 Å². The molecule has 0 radical (unpaired) electrons. The van der Waals surface area contributed by atoms with Crippen LogP contribution in [0.15, 0.2) is 36.5 Å². The van der Waals surface area contributed by atoms with Crippen molar-refractivity contribution < 1.29 is 13.6 Å². The molecule has 126 valence electrons. The third-order valence-corrected chi connectivity index (χ3v) is 4.34. The zero-order chi connectivity index (χ0) is 17.1. The molecule has 6 heteroatoms. The number of pyridine rings is 1. The van der Waals surface area contributed by atoms with Gasteiger partial charge in [-0.05, 0) is 49.7 Å². The molecule has 3 rings (SSSR count). The predicted octanol–water partition coefficient (Wildman–Crippen LogP) is 2.54. The number of piperidine rings is 1. The highest BCUT2D eigenvalue weighted by atomic mass is 19.2. The molecule has 1 aromatic heterocycles. The summed E-state index contributed by atoms with van der Waals surface area (Å²) < 4.78 is 26.7. The Morgan fingerprint density at radius 1 is 1.25 bits per heavy atom. The first kappa shape index (κ1) is 16.5. The number of nitrogens with one attached hydrogen (secondary N) is 2. The predicted molar refractivity (Wildman–Crippen MR) is 86.8 cm³/mol. The molecule has 2 unspecified atom stereocenters. The van der Waals surface area contributed by atoms with Crippen LogP contribution in [0, 0.1) is 18.6 Å². The summed E-state index contributed by atoms with van der Waals surface area (Å²) in [6.45, 7) is 3.20. The molecule has 2 aromatic rings. The van der Waals surface area contributed by atoms with Gasteiger partial charge in [0.2, 0.25) is 0 Å². The molecule has 0 spiro atoms. The lowest BCUT2D eigenvalue weighted by atomic mass is 9.86. The van der Waals surface area contributed by atoms with Crippen molar-refractivity contribution in [2.24, 2.45) is 0 Å². The van der Waals surface area contributed by atoms with Gasteiger partial charge in [-0.15, -0.1) is 0 Å². The fourth-order valence-corrected chi connectivity index (χ4v) is 3.01. The van der Waals surface area contributed by atoms with E-state index in [1.165, 1.54) is 12.3 Å². The van der Waals surface area contributed by atoms with Crippen molar-refractivity contribution in [3.63, 3.8) is 0 Å². The fraction of sp³-hybridized carbons (Fsp3) is 0.333. The number of hydrogen-bond donors (Lipinski definition) is 2. The summed E-state index contributed by atoms with van der Waals surface area (Å²) in [6, 6.07) is 7.24. The minimum atomic E-state index is -0.862. The molecular weight excluding hydrogens is 312 g/mol. The van der Waals surface area contributed by atoms with Crippen LogP contribution in [0.1, 0.15) is 34.0 Å². The molecule has 1 aromatic carbocycles. The molecule has 1 fully saturated rings. The van der Waals surface area contributed by atoms with Gasteiger partial charge in [0.05, 0.1) is 5.56 Å². The van der Waals surface area contributed by atoms with Gasteiger partial charge in [-0.2, -0.15) is 0 Å². The highest BCUT2D eigenvalue weighted by Crippen LogP contribution is 2.27. The molecule has 2 heterocycles. The summed E-state index contributed by atoms with van der Waals surface area (Å²) in [6.07, 6.45) is 2.27. The third kappa shape index (κ3) is 3.59. The molecule has 1 saturated heterocycles. The number of nitrogens with zero attached hydrogens (tertiary/aromatic N) is 1. The SMILES string of the molecule is Cc1ccc(C(=O)NC2CNCCC2c2ccc(F)c(F)c2)cn1. The number of carbonyl (C=O) groups is 1. The van der Waals surface area contributed by atoms with E-state index < -0.39 is 11.6 Å². The summed E-state index contributed by atoms with van der Waals surface area (Å²) >= 11 is 0. The minimum Gasteiger partial charge on any atom is -0.347 e. The van der Waals surface area contributed by atoms with Crippen molar-refractivity contribution in [2.75, 3.05) is 13.1 Å². The molecule has 2 N–H and O–H groups in total. The first-order valence-electron chi connectivity index (χ1n) is 7.94. The summed E-state index contributed by atoms with van der Waals surface area (Å²) in [4.78, 5) is 16.5. The Morgan fingerprint density at radius 2 is 2.08 bits per heavy atom. The second-order valence-corrected chi connectivity index (χ2v) is 6.04. The number of hydrogen-bond acceptors (Lipinski definition) is 3. The number of carbonyl (C=O) groups excluding carboxylic acids is 1. The van der Waals surface area contributed by atoms with Crippen molar-refractivity contribution in [1.82, 2.24) is 15.6 Å². The number of benzene rings is 1. The van der Waals surface area contributed by atoms with Crippen LogP contribution in [-0.4, -0.2) is 30.0 Å². The zero-order valence-corrected chi connectivity index (χ0v) is 13.4. The Kier molecular flexibility index (Phi) is 4.85. The number of halogens is 2. The molecule has 1 aliphatic rings. The third-order valence-electron chi connectivity index (χ3n) is 4.34. The zero-order valence-electron chi connectivity index (χ0n) is 13.4. The Labute approximate surface area is 139 Å². The Bertz CT molecular complexity index is 734. The van der Waals surface area contributed by atoms with Gasteiger partial charge in [-0.1, -0.05) is 6.07 Å². The average Bonchev–Trinajstić information content (AvgIpc) is 2.58. The molecular formula is C18H19F2N3O. The van der Waals surface area contributed by atoms with Gasteiger partial charge in [0.15, 0.2) is 11.6 Å². The monoisotopic (exact) mass is 331 g/mol. The molecule has 0 bridgehead atoms. The van der Waals surface area contributed by atoms with Crippen molar-refractivity contribution >= 4 is 5.91 Å². The fourth-order valence-electron chi connectivity index (χ4n) is 3.01. The molecule has 24 heavy (non-hydrogen) atoms. The van der Waals surface area contributed by atoms with Crippen molar-refractivity contribution in [3.8, 4) is 0 Å². The van der Waals surface area contributed by atoms with Crippen LogP contribution in [0.25, 0.3) is 0 Å². The Morgan fingerprint density at radius 3 is 2.79 bits per heavy atom. The van der Waals surface area contributed by atoms with Gasteiger partial charge in [-0.25, -0.2) is 8.78 Å². The minimum absolute atomic E-state index is 0.0660. The van der Waals surface area contributed by atoms with Gasteiger partial charge >= 0.3 is 0 Å². The van der Waals surface area contributed by atoms with Gasteiger partial charge in [0, 0.05) is 30.4 Å². The van der Waals surface area contributed by atoms with E-state index in [2.05, 4.69) is 15.6 Å². The number of amides is 1. The van der Waals surface area contributed by atoms with Crippen LogP contribution in [-0.2, 0) is 0 Å².